The van der Waals surface area contributed by atoms with Gasteiger partial charge in [0.05, 0.1) is 18.7 Å². The van der Waals surface area contributed by atoms with E-state index < -0.39 is 0 Å². The van der Waals surface area contributed by atoms with Gasteiger partial charge in [0.2, 0.25) is 5.91 Å². The molecule has 29 heavy (non-hydrogen) atoms. The van der Waals surface area contributed by atoms with Crippen molar-refractivity contribution in [2.24, 2.45) is 0 Å². The first-order chi connectivity index (χ1) is 14.1. The minimum Gasteiger partial charge on any atom is -0.462 e. The van der Waals surface area contributed by atoms with Crippen LogP contribution >= 0.6 is 22.7 Å². The number of nitrogens with zero attached hydrogens (tertiary/aromatic N) is 2. The van der Waals surface area contributed by atoms with Gasteiger partial charge in [-0.3, -0.25) is 14.6 Å². The Morgan fingerprint density at radius 1 is 1.17 bits per heavy atom. The lowest BCUT2D eigenvalue weighted by molar-refractivity contribution is -0.117. The summed E-state index contributed by atoms with van der Waals surface area (Å²) in [7, 11) is 0. The van der Waals surface area contributed by atoms with Crippen LogP contribution in [0, 0.1) is 0 Å². The summed E-state index contributed by atoms with van der Waals surface area (Å²) in [4.78, 5) is 32.3. The topological polar surface area (TPSA) is 61.9 Å². The van der Waals surface area contributed by atoms with Crippen LogP contribution in [-0.2, 0) is 28.9 Å². The number of aryl methyl sites for hydroxylation is 1. The molecule has 2 aliphatic rings. The van der Waals surface area contributed by atoms with E-state index in [-0.39, 0.29) is 11.9 Å². The van der Waals surface area contributed by atoms with Gasteiger partial charge in [0, 0.05) is 42.5 Å². The molecule has 4 rings (SSSR count). The van der Waals surface area contributed by atoms with Gasteiger partial charge < -0.3 is 10.1 Å². The number of hydrogen-bond acceptors (Lipinski definition) is 7. The molecular formula is C21H27N3O3S2. The van der Waals surface area contributed by atoms with Crippen molar-refractivity contribution in [3.05, 3.63) is 38.4 Å². The molecule has 1 saturated heterocycles. The fraction of sp³-hybridized carbons (Fsp3) is 0.524. The Morgan fingerprint density at radius 2 is 1.97 bits per heavy atom. The van der Waals surface area contributed by atoms with Crippen molar-refractivity contribution in [2.75, 3.05) is 44.6 Å². The van der Waals surface area contributed by atoms with Crippen molar-refractivity contribution in [2.45, 2.75) is 32.7 Å². The summed E-state index contributed by atoms with van der Waals surface area (Å²) in [6.07, 6.45) is 2.94. The fourth-order valence-electron chi connectivity index (χ4n) is 4.01. The van der Waals surface area contributed by atoms with Gasteiger partial charge in [-0.1, -0.05) is 6.07 Å². The number of anilines is 1. The molecule has 0 aromatic carbocycles. The predicted molar refractivity (Wildman–Crippen MR) is 117 cm³/mol. The summed E-state index contributed by atoms with van der Waals surface area (Å²) in [6, 6.07) is 4.26. The number of carbonyl (C=O) groups is 2. The molecule has 1 fully saturated rings. The van der Waals surface area contributed by atoms with E-state index in [4.69, 9.17) is 4.74 Å². The molecule has 0 unspecified atom stereocenters. The minimum atomic E-state index is -0.315. The second-order valence-corrected chi connectivity index (χ2v) is 9.60. The third kappa shape index (κ3) is 4.88. The number of rotatable bonds is 7. The quantitative estimate of drug-likeness (QED) is 0.680. The number of ether oxygens (including phenoxy) is 1. The zero-order valence-electron chi connectivity index (χ0n) is 16.7. The molecule has 156 valence electrons. The SMILES string of the molecule is CCOC(=O)c1c(NC(=O)CN2CCN(Cc3cccs3)CC2)sc2c1CCC2. The number of piperazine rings is 1. The molecule has 1 N–H and O–H groups in total. The van der Waals surface area contributed by atoms with Crippen LogP contribution in [-0.4, -0.2) is 61.0 Å². The van der Waals surface area contributed by atoms with Crippen LogP contribution in [0.25, 0.3) is 0 Å². The van der Waals surface area contributed by atoms with Crippen LogP contribution in [0.2, 0.25) is 0 Å². The van der Waals surface area contributed by atoms with Gasteiger partial charge in [-0.25, -0.2) is 4.79 Å². The van der Waals surface area contributed by atoms with E-state index in [0.717, 1.165) is 57.5 Å². The van der Waals surface area contributed by atoms with Crippen LogP contribution in [0.5, 0.6) is 0 Å². The summed E-state index contributed by atoms with van der Waals surface area (Å²) < 4.78 is 5.24. The fourth-order valence-corrected chi connectivity index (χ4v) is 6.05. The molecule has 0 atom stereocenters. The first kappa shape index (κ1) is 20.5. The van der Waals surface area contributed by atoms with Gasteiger partial charge in [0.15, 0.2) is 0 Å². The Morgan fingerprint density at radius 3 is 2.69 bits per heavy atom. The predicted octanol–water partition coefficient (Wildman–Crippen LogP) is 3.23. The second kappa shape index (κ2) is 9.38. The molecule has 0 spiro atoms. The van der Waals surface area contributed by atoms with Crippen molar-refractivity contribution in [3.63, 3.8) is 0 Å². The third-order valence-electron chi connectivity index (χ3n) is 5.45. The van der Waals surface area contributed by atoms with Crippen molar-refractivity contribution in [1.29, 1.82) is 0 Å². The number of nitrogens with one attached hydrogen (secondary N) is 1. The summed E-state index contributed by atoms with van der Waals surface area (Å²) in [5.74, 6) is -0.369. The van der Waals surface area contributed by atoms with Crippen LogP contribution in [0.3, 0.4) is 0 Å². The molecule has 2 aromatic heterocycles. The monoisotopic (exact) mass is 433 g/mol. The Kier molecular flexibility index (Phi) is 6.64. The van der Waals surface area contributed by atoms with E-state index in [1.54, 1.807) is 18.3 Å². The zero-order chi connectivity index (χ0) is 20.2. The van der Waals surface area contributed by atoms with Crippen molar-refractivity contribution < 1.29 is 14.3 Å². The number of fused-ring (bicyclic) bond motifs is 1. The average molecular weight is 434 g/mol. The number of carbonyl (C=O) groups excluding carboxylic acids is 2. The Bertz CT molecular complexity index is 855. The molecule has 3 heterocycles. The van der Waals surface area contributed by atoms with Gasteiger partial charge in [-0.15, -0.1) is 22.7 Å². The zero-order valence-corrected chi connectivity index (χ0v) is 18.4. The largest absolute Gasteiger partial charge is 0.462 e. The van der Waals surface area contributed by atoms with Crippen molar-refractivity contribution >= 4 is 39.6 Å². The maximum Gasteiger partial charge on any atom is 0.341 e. The Hall–Kier alpha value is -1.74. The maximum atomic E-state index is 12.7. The van der Waals surface area contributed by atoms with E-state index in [1.807, 2.05) is 0 Å². The molecule has 0 saturated carbocycles. The highest BCUT2D eigenvalue weighted by Crippen LogP contribution is 2.39. The highest BCUT2D eigenvalue weighted by atomic mass is 32.1. The molecule has 1 aliphatic carbocycles. The average Bonchev–Trinajstić information content (AvgIpc) is 3.41. The lowest BCUT2D eigenvalue weighted by atomic mass is 10.1. The van der Waals surface area contributed by atoms with Gasteiger partial charge in [0.1, 0.15) is 5.00 Å². The highest BCUT2D eigenvalue weighted by Gasteiger charge is 2.29. The number of hydrogen-bond donors (Lipinski definition) is 1. The summed E-state index contributed by atoms with van der Waals surface area (Å²) in [5.41, 5.74) is 1.66. The molecule has 8 heteroatoms. The molecule has 2 aromatic rings. The summed E-state index contributed by atoms with van der Waals surface area (Å²) >= 11 is 3.33. The normalized spacial score (nSPS) is 17.3. The van der Waals surface area contributed by atoms with E-state index >= 15 is 0 Å². The molecule has 0 bridgehead atoms. The van der Waals surface area contributed by atoms with Crippen LogP contribution < -0.4 is 5.32 Å². The standard InChI is InChI=1S/C21H27N3O3S2/c1-2-27-21(26)19-16-6-3-7-17(16)29-20(19)22-18(25)14-24-10-8-23(9-11-24)13-15-5-4-12-28-15/h4-5,12H,2-3,6-11,13-14H2,1H3,(H,22,25). The van der Waals surface area contributed by atoms with Crippen molar-refractivity contribution in [3.8, 4) is 0 Å². The van der Waals surface area contributed by atoms with Gasteiger partial charge in [0.25, 0.3) is 0 Å². The lowest BCUT2D eigenvalue weighted by Crippen LogP contribution is -2.48. The Balaban J connectivity index is 1.32. The van der Waals surface area contributed by atoms with Gasteiger partial charge >= 0.3 is 5.97 Å². The molecule has 1 aliphatic heterocycles. The first-order valence-corrected chi connectivity index (χ1v) is 11.9. The van der Waals surface area contributed by atoms with Crippen LogP contribution in [0.1, 0.15) is 39.0 Å². The molecule has 1 amide bonds. The van der Waals surface area contributed by atoms with E-state index in [9.17, 15) is 9.59 Å². The number of thiophene rings is 2. The van der Waals surface area contributed by atoms with E-state index in [1.165, 1.54) is 21.1 Å². The summed E-state index contributed by atoms with van der Waals surface area (Å²) in [6.45, 7) is 7.18. The smallest absolute Gasteiger partial charge is 0.341 e. The Labute approximate surface area is 179 Å². The van der Waals surface area contributed by atoms with E-state index in [2.05, 4.69) is 32.6 Å². The molecule has 6 nitrogen and oxygen atoms in total. The first-order valence-electron chi connectivity index (χ1n) is 10.2. The number of amides is 1. The highest BCUT2D eigenvalue weighted by molar-refractivity contribution is 7.17. The van der Waals surface area contributed by atoms with Crippen LogP contribution in [0.15, 0.2) is 17.5 Å². The third-order valence-corrected chi connectivity index (χ3v) is 7.51. The lowest BCUT2D eigenvalue weighted by Gasteiger charge is -2.34. The summed E-state index contributed by atoms with van der Waals surface area (Å²) in [5, 5.41) is 5.77. The molecule has 0 radical (unpaired) electrons. The minimum absolute atomic E-state index is 0.0535. The second-order valence-electron chi connectivity index (χ2n) is 7.46. The molecular weight excluding hydrogens is 406 g/mol. The van der Waals surface area contributed by atoms with E-state index in [0.29, 0.717) is 23.7 Å². The van der Waals surface area contributed by atoms with Gasteiger partial charge in [-0.05, 0) is 43.2 Å². The van der Waals surface area contributed by atoms with Crippen molar-refractivity contribution in [1.82, 2.24) is 9.80 Å². The maximum absolute atomic E-state index is 12.7. The van der Waals surface area contributed by atoms with Gasteiger partial charge in [-0.2, -0.15) is 0 Å². The number of esters is 1. The van der Waals surface area contributed by atoms with Crippen LogP contribution in [0.4, 0.5) is 5.00 Å².